The molecule has 1 unspecified atom stereocenters. The van der Waals surface area contributed by atoms with Gasteiger partial charge in [0.05, 0.1) is 29.0 Å². The number of hydrogen-bond acceptors (Lipinski definition) is 9. The predicted molar refractivity (Wildman–Crippen MR) is 145 cm³/mol. The maximum absolute atomic E-state index is 13.5. The van der Waals surface area contributed by atoms with Crippen molar-refractivity contribution in [3.8, 4) is 11.4 Å². The van der Waals surface area contributed by atoms with Crippen molar-refractivity contribution in [2.45, 2.75) is 44.6 Å². The number of nitrogens with zero attached hydrogens (tertiary/aromatic N) is 3. The summed E-state index contributed by atoms with van der Waals surface area (Å²) in [5, 5.41) is 6.29. The molecule has 6 rings (SSSR count). The van der Waals surface area contributed by atoms with Gasteiger partial charge in [0, 0.05) is 24.0 Å². The van der Waals surface area contributed by atoms with Gasteiger partial charge in [-0.15, -0.1) is 0 Å². The second kappa shape index (κ2) is 10.8. The summed E-state index contributed by atoms with van der Waals surface area (Å²) >= 11 is 0. The van der Waals surface area contributed by atoms with E-state index in [9.17, 15) is 24.0 Å². The van der Waals surface area contributed by atoms with E-state index in [1.165, 1.54) is 4.90 Å². The Balaban J connectivity index is 1.23. The highest BCUT2D eigenvalue weighted by Crippen LogP contribution is 2.35. The van der Waals surface area contributed by atoms with Crippen molar-refractivity contribution < 1.29 is 28.7 Å². The fourth-order valence-electron chi connectivity index (χ4n) is 5.81. The van der Waals surface area contributed by atoms with Crippen LogP contribution in [0, 0.1) is 0 Å². The zero-order chi connectivity index (χ0) is 28.7. The van der Waals surface area contributed by atoms with E-state index < -0.39 is 36.5 Å². The molecule has 212 valence electrons. The summed E-state index contributed by atoms with van der Waals surface area (Å²) in [7, 11) is 1.65. The van der Waals surface area contributed by atoms with Gasteiger partial charge >= 0.3 is 11.9 Å². The number of fused-ring (bicyclic) bond motifs is 5. The first kappa shape index (κ1) is 26.6. The molecular weight excluding hydrogens is 530 g/mol. The molecule has 3 aliphatic rings. The first-order chi connectivity index (χ1) is 19.9. The van der Waals surface area contributed by atoms with E-state index in [2.05, 4.69) is 16.7 Å². The maximum atomic E-state index is 13.5. The highest BCUT2D eigenvalue weighted by Gasteiger charge is 2.38. The monoisotopic (exact) mass is 559 g/mol. The minimum atomic E-state index is -1.47. The highest BCUT2D eigenvalue weighted by atomic mass is 16.6. The molecule has 2 aromatic heterocycles. The Morgan fingerprint density at radius 3 is 2.78 bits per heavy atom. The lowest BCUT2D eigenvalue weighted by molar-refractivity contribution is -0.171. The van der Waals surface area contributed by atoms with Gasteiger partial charge in [0.25, 0.3) is 5.56 Å². The summed E-state index contributed by atoms with van der Waals surface area (Å²) in [6, 6.07) is 10.7. The molecule has 3 aromatic rings. The average Bonchev–Trinajstić information content (AvgIpc) is 3.47. The molecule has 0 saturated carbocycles. The molecule has 2 amide bonds. The first-order valence-corrected chi connectivity index (χ1v) is 13.6. The van der Waals surface area contributed by atoms with Crippen molar-refractivity contribution in [2.75, 3.05) is 26.7 Å². The second-order valence-electron chi connectivity index (χ2n) is 10.3. The van der Waals surface area contributed by atoms with E-state index in [0.29, 0.717) is 43.7 Å². The quantitative estimate of drug-likeness (QED) is 0.414. The van der Waals surface area contributed by atoms with Gasteiger partial charge in [0.2, 0.25) is 17.9 Å². The van der Waals surface area contributed by atoms with Crippen LogP contribution in [0.15, 0.2) is 41.2 Å². The fraction of sp³-hybridized carbons (Fsp3) is 0.379. The van der Waals surface area contributed by atoms with Crippen molar-refractivity contribution in [1.82, 2.24) is 25.1 Å². The largest absolute Gasteiger partial charge is 0.458 e. The number of nitrogens with one attached hydrogen (secondary N) is 2. The molecule has 0 bridgehead atoms. The normalized spacial score (nSPS) is 19.1. The minimum Gasteiger partial charge on any atom is -0.458 e. The van der Waals surface area contributed by atoms with Crippen LogP contribution in [-0.2, 0) is 48.2 Å². The van der Waals surface area contributed by atoms with Gasteiger partial charge in [0.15, 0.2) is 0 Å². The van der Waals surface area contributed by atoms with Crippen LogP contribution in [0.4, 0.5) is 0 Å². The van der Waals surface area contributed by atoms with Crippen molar-refractivity contribution in [1.29, 1.82) is 0 Å². The topological polar surface area (TPSA) is 149 Å². The number of carbonyl (C=O) groups is 4. The molecule has 5 heterocycles. The van der Waals surface area contributed by atoms with Crippen molar-refractivity contribution >= 4 is 34.7 Å². The Hall–Kier alpha value is -4.58. The molecule has 41 heavy (non-hydrogen) atoms. The van der Waals surface area contributed by atoms with Crippen LogP contribution in [-0.4, -0.2) is 70.9 Å². The standard InChI is InChI=1S/C29H29N5O7/c1-30-13-23(35)33-9-4-7-21(33)27(37)31-14-24(36)41-26-18-12-22-25-17(11-16-5-2-3-6-20(16)32-25)8-10-34(22)28(38)19(18)15-40-29(26)39/h2-3,5-6,11-12,21,26,30H,4,7-10,13-15H2,1H3,(H,31,37)/t21-,26?/m0/s1. The average molecular weight is 560 g/mol. The number of cyclic esters (lactones) is 1. The van der Waals surface area contributed by atoms with E-state index in [4.69, 9.17) is 14.5 Å². The Morgan fingerprint density at radius 2 is 1.95 bits per heavy atom. The molecule has 1 aromatic carbocycles. The zero-order valence-corrected chi connectivity index (χ0v) is 22.5. The van der Waals surface area contributed by atoms with Crippen LogP contribution in [0.25, 0.3) is 22.3 Å². The number of aromatic nitrogens is 2. The van der Waals surface area contributed by atoms with E-state index in [0.717, 1.165) is 16.5 Å². The van der Waals surface area contributed by atoms with Crippen LogP contribution in [0.3, 0.4) is 0 Å². The number of benzene rings is 1. The molecule has 12 nitrogen and oxygen atoms in total. The van der Waals surface area contributed by atoms with Gasteiger partial charge in [0.1, 0.15) is 19.2 Å². The van der Waals surface area contributed by atoms with E-state index in [1.807, 2.05) is 24.3 Å². The Morgan fingerprint density at radius 1 is 1.12 bits per heavy atom. The van der Waals surface area contributed by atoms with Crippen LogP contribution >= 0.6 is 0 Å². The first-order valence-electron chi connectivity index (χ1n) is 13.6. The molecule has 1 saturated heterocycles. The van der Waals surface area contributed by atoms with Gasteiger partial charge in [-0.2, -0.15) is 0 Å². The molecule has 12 heteroatoms. The number of carbonyl (C=O) groups excluding carboxylic acids is 4. The SMILES string of the molecule is CNCC(=O)N1CCC[C@H]1C(=O)NCC(=O)OC1C(=O)OCc2c1cc1n(c2=O)CCc2cc3ccccc3nc2-1. The third kappa shape index (κ3) is 4.84. The third-order valence-corrected chi connectivity index (χ3v) is 7.80. The summed E-state index contributed by atoms with van der Waals surface area (Å²) in [4.78, 5) is 70.4. The molecule has 1 fully saturated rings. The van der Waals surface area contributed by atoms with Crippen molar-refractivity contribution in [2.24, 2.45) is 0 Å². The number of pyridine rings is 2. The number of likely N-dealkylation sites (N-methyl/N-ethyl adjacent to an activating group) is 1. The van der Waals surface area contributed by atoms with Crippen LogP contribution in [0.5, 0.6) is 0 Å². The lowest BCUT2D eigenvalue weighted by Gasteiger charge is -2.28. The Kier molecular flexibility index (Phi) is 7.00. The summed E-state index contributed by atoms with van der Waals surface area (Å²) in [6.07, 6.45) is 0.317. The van der Waals surface area contributed by atoms with Crippen molar-refractivity contribution in [3.63, 3.8) is 0 Å². The van der Waals surface area contributed by atoms with Gasteiger partial charge < -0.3 is 29.6 Å². The summed E-state index contributed by atoms with van der Waals surface area (Å²) < 4.78 is 12.3. The fourth-order valence-corrected chi connectivity index (χ4v) is 5.81. The van der Waals surface area contributed by atoms with E-state index >= 15 is 0 Å². The molecular formula is C29H29N5O7. The molecule has 0 spiro atoms. The van der Waals surface area contributed by atoms with Crippen LogP contribution < -0.4 is 16.2 Å². The van der Waals surface area contributed by atoms with Gasteiger partial charge in [-0.25, -0.2) is 9.78 Å². The minimum absolute atomic E-state index is 0.106. The smallest absolute Gasteiger partial charge is 0.352 e. The number of rotatable bonds is 6. The molecule has 2 atom stereocenters. The summed E-state index contributed by atoms with van der Waals surface area (Å²) in [5.41, 5.74) is 3.09. The number of hydrogen-bond donors (Lipinski definition) is 2. The number of esters is 2. The van der Waals surface area contributed by atoms with E-state index in [-0.39, 0.29) is 35.7 Å². The predicted octanol–water partition coefficient (Wildman–Crippen LogP) is 0.587. The molecule has 3 aliphatic heterocycles. The van der Waals surface area contributed by atoms with Crippen molar-refractivity contribution in [3.05, 3.63) is 63.4 Å². The molecule has 0 radical (unpaired) electrons. The highest BCUT2D eigenvalue weighted by molar-refractivity contribution is 5.91. The molecule has 0 aliphatic carbocycles. The Bertz CT molecular complexity index is 1650. The summed E-state index contributed by atoms with van der Waals surface area (Å²) in [5.74, 6) is -2.35. The van der Waals surface area contributed by atoms with Gasteiger partial charge in [-0.1, -0.05) is 18.2 Å². The number of para-hydroxylation sites is 1. The lowest BCUT2D eigenvalue weighted by Crippen LogP contribution is -2.49. The summed E-state index contributed by atoms with van der Waals surface area (Å²) in [6.45, 7) is 0.265. The maximum Gasteiger partial charge on any atom is 0.352 e. The van der Waals surface area contributed by atoms with Gasteiger partial charge in [-0.3, -0.25) is 19.2 Å². The number of amides is 2. The Labute approximate surface area is 234 Å². The van der Waals surface area contributed by atoms with Gasteiger partial charge in [-0.05, 0) is 50.1 Å². The van der Waals surface area contributed by atoms with Crippen LogP contribution in [0.1, 0.15) is 35.6 Å². The molecule has 2 N–H and O–H groups in total. The lowest BCUT2D eigenvalue weighted by atomic mass is 9.95. The number of aryl methyl sites for hydroxylation is 1. The van der Waals surface area contributed by atoms with Crippen LogP contribution in [0.2, 0.25) is 0 Å². The zero-order valence-electron chi connectivity index (χ0n) is 22.5. The second-order valence-corrected chi connectivity index (χ2v) is 10.3. The number of ether oxygens (including phenoxy) is 2. The third-order valence-electron chi connectivity index (χ3n) is 7.80. The number of likely N-dealkylation sites (tertiary alicyclic amines) is 1. The van der Waals surface area contributed by atoms with E-state index in [1.54, 1.807) is 17.7 Å².